The van der Waals surface area contributed by atoms with Gasteiger partial charge in [-0.1, -0.05) is 18.5 Å². The van der Waals surface area contributed by atoms with Gasteiger partial charge in [-0.15, -0.1) is 0 Å². The highest BCUT2D eigenvalue weighted by Crippen LogP contribution is 2.26. The van der Waals surface area contributed by atoms with Crippen LogP contribution in [0.5, 0.6) is 0 Å². The molecule has 1 atom stereocenters. The molecular weight excluding hydrogens is 268 g/mol. The molecule has 1 fully saturated rings. The first-order valence-corrected chi connectivity index (χ1v) is 7.54. The van der Waals surface area contributed by atoms with E-state index in [2.05, 4.69) is 32.3 Å². The molecule has 1 unspecified atom stereocenters. The predicted octanol–water partition coefficient (Wildman–Crippen LogP) is 1.22. The van der Waals surface area contributed by atoms with E-state index in [1.165, 1.54) is 0 Å². The van der Waals surface area contributed by atoms with E-state index in [1.54, 1.807) is 12.5 Å². The molecule has 7 heteroatoms. The molecule has 1 aliphatic rings. The fraction of sp³-hybridized carbons (Fsp3) is 0.643. The van der Waals surface area contributed by atoms with Gasteiger partial charge in [0.05, 0.1) is 18.6 Å². The maximum Gasteiger partial charge on any atom is 0.276 e. The van der Waals surface area contributed by atoms with Crippen LogP contribution in [0.25, 0.3) is 11.6 Å². The zero-order valence-electron chi connectivity index (χ0n) is 12.6. The van der Waals surface area contributed by atoms with Crippen molar-refractivity contribution in [1.29, 1.82) is 0 Å². The van der Waals surface area contributed by atoms with Gasteiger partial charge in [0.15, 0.2) is 5.82 Å². The van der Waals surface area contributed by atoms with E-state index in [1.807, 2.05) is 11.6 Å². The van der Waals surface area contributed by atoms with Crippen molar-refractivity contribution in [1.82, 2.24) is 29.9 Å². The molecule has 0 amide bonds. The molecule has 3 rings (SSSR count). The van der Waals surface area contributed by atoms with Crippen LogP contribution in [0, 0.1) is 0 Å². The van der Waals surface area contributed by atoms with Gasteiger partial charge in [0.2, 0.25) is 0 Å². The second-order valence-electron chi connectivity index (χ2n) is 5.44. The van der Waals surface area contributed by atoms with Crippen LogP contribution in [0.1, 0.15) is 31.6 Å². The van der Waals surface area contributed by atoms with Crippen LogP contribution in [0.3, 0.4) is 0 Å². The molecule has 0 spiro atoms. The van der Waals surface area contributed by atoms with Crippen molar-refractivity contribution in [3.63, 3.8) is 0 Å². The molecule has 114 valence electrons. The fourth-order valence-electron chi connectivity index (χ4n) is 2.78. The van der Waals surface area contributed by atoms with Gasteiger partial charge < -0.3 is 14.4 Å². The van der Waals surface area contributed by atoms with E-state index in [0.717, 1.165) is 50.5 Å². The van der Waals surface area contributed by atoms with E-state index in [-0.39, 0.29) is 6.04 Å². The SMILES string of the molecule is CCCC(c1noc(-c2cncn2C)n1)N1CCNCC1. The van der Waals surface area contributed by atoms with Crippen LogP contribution in [0.2, 0.25) is 0 Å². The van der Waals surface area contributed by atoms with Crippen molar-refractivity contribution in [3.8, 4) is 11.6 Å². The van der Waals surface area contributed by atoms with Crippen molar-refractivity contribution < 1.29 is 4.52 Å². The maximum absolute atomic E-state index is 5.44. The summed E-state index contributed by atoms with van der Waals surface area (Å²) in [7, 11) is 1.92. The number of aryl methyl sites for hydroxylation is 1. The number of piperazine rings is 1. The number of nitrogens with zero attached hydrogens (tertiary/aromatic N) is 5. The standard InChI is InChI=1S/C14H22N6O/c1-3-4-11(20-7-5-15-6-8-20)13-17-14(21-18-13)12-9-16-10-19(12)2/h9-11,15H,3-8H2,1-2H3. The van der Waals surface area contributed by atoms with Crippen molar-refractivity contribution >= 4 is 0 Å². The number of hydrogen-bond acceptors (Lipinski definition) is 6. The third-order valence-corrected chi connectivity index (χ3v) is 3.93. The van der Waals surface area contributed by atoms with Gasteiger partial charge in [-0.05, 0) is 6.42 Å². The lowest BCUT2D eigenvalue weighted by Crippen LogP contribution is -2.45. The molecule has 0 aliphatic carbocycles. The summed E-state index contributed by atoms with van der Waals surface area (Å²) in [5, 5.41) is 7.60. The molecule has 7 nitrogen and oxygen atoms in total. The zero-order chi connectivity index (χ0) is 14.7. The molecule has 21 heavy (non-hydrogen) atoms. The van der Waals surface area contributed by atoms with Gasteiger partial charge in [-0.2, -0.15) is 4.98 Å². The van der Waals surface area contributed by atoms with Crippen molar-refractivity contribution in [2.45, 2.75) is 25.8 Å². The van der Waals surface area contributed by atoms with Crippen LogP contribution in [0.15, 0.2) is 17.0 Å². The summed E-state index contributed by atoms with van der Waals surface area (Å²) in [6, 6.07) is 0.239. The van der Waals surface area contributed by atoms with Gasteiger partial charge in [0.1, 0.15) is 5.69 Å². The van der Waals surface area contributed by atoms with E-state index < -0.39 is 0 Å². The lowest BCUT2D eigenvalue weighted by atomic mass is 10.1. The first-order valence-electron chi connectivity index (χ1n) is 7.54. The Hall–Kier alpha value is -1.73. The van der Waals surface area contributed by atoms with Crippen LogP contribution in [0.4, 0.5) is 0 Å². The van der Waals surface area contributed by atoms with Crippen molar-refractivity contribution in [2.75, 3.05) is 26.2 Å². The molecule has 3 heterocycles. The first-order chi connectivity index (χ1) is 10.3. The van der Waals surface area contributed by atoms with Gasteiger partial charge >= 0.3 is 0 Å². The van der Waals surface area contributed by atoms with E-state index in [4.69, 9.17) is 4.52 Å². The molecule has 1 N–H and O–H groups in total. The molecule has 1 aliphatic heterocycles. The quantitative estimate of drug-likeness (QED) is 0.892. The Morgan fingerprint density at radius 2 is 2.19 bits per heavy atom. The average molecular weight is 290 g/mol. The second-order valence-corrected chi connectivity index (χ2v) is 5.44. The largest absolute Gasteiger partial charge is 0.332 e. The van der Waals surface area contributed by atoms with E-state index >= 15 is 0 Å². The predicted molar refractivity (Wildman–Crippen MR) is 78.6 cm³/mol. The van der Waals surface area contributed by atoms with E-state index in [9.17, 15) is 0 Å². The monoisotopic (exact) mass is 290 g/mol. The summed E-state index contributed by atoms with van der Waals surface area (Å²) < 4.78 is 7.33. The lowest BCUT2D eigenvalue weighted by Gasteiger charge is -2.33. The van der Waals surface area contributed by atoms with Crippen molar-refractivity contribution in [2.24, 2.45) is 7.05 Å². The summed E-state index contributed by atoms with van der Waals surface area (Å²) in [6.45, 7) is 6.29. The number of aromatic nitrogens is 4. The average Bonchev–Trinajstić information content (AvgIpc) is 3.14. The van der Waals surface area contributed by atoms with Gasteiger partial charge in [-0.25, -0.2) is 4.98 Å². The molecule has 0 radical (unpaired) electrons. The Morgan fingerprint density at radius 3 is 2.86 bits per heavy atom. The molecule has 0 bridgehead atoms. The Morgan fingerprint density at radius 1 is 1.38 bits per heavy atom. The summed E-state index contributed by atoms with van der Waals surface area (Å²) >= 11 is 0. The summed E-state index contributed by atoms with van der Waals surface area (Å²) in [4.78, 5) is 11.1. The third kappa shape index (κ3) is 2.98. The normalized spacial score (nSPS) is 18.0. The number of imidazole rings is 1. The lowest BCUT2D eigenvalue weighted by molar-refractivity contribution is 0.155. The van der Waals surface area contributed by atoms with Gasteiger partial charge in [-0.3, -0.25) is 4.90 Å². The minimum Gasteiger partial charge on any atom is -0.332 e. The molecule has 0 saturated carbocycles. The second kappa shape index (κ2) is 6.36. The van der Waals surface area contributed by atoms with Gasteiger partial charge in [0, 0.05) is 33.2 Å². The molecule has 2 aromatic heterocycles. The Balaban J connectivity index is 1.83. The minimum absolute atomic E-state index is 0.239. The van der Waals surface area contributed by atoms with Gasteiger partial charge in [0.25, 0.3) is 5.89 Å². The molecule has 0 aromatic carbocycles. The Kier molecular flexibility index (Phi) is 4.31. The smallest absolute Gasteiger partial charge is 0.276 e. The summed E-state index contributed by atoms with van der Waals surface area (Å²) in [5.74, 6) is 1.33. The number of hydrogen-bond donors (Lipinski definition) is 1. The van der Waals surface area contributed by atoms with Crippen molar-refractivity contribution in [3.05, 3.63) is 18.3 Å². The van der Waals surface area contributed by atoms with Crippen LogP contribution in [-0.4, -0.2) is 50.8 Å². The first kappa shape index (κ1) is 14.2. The number of nitrogens with one attached hydrogen (secondary N) is 1. The third-order valence-electron chi connectivity index (χ3n) is 3.93. The highest BCUT2D eigenvalue weighted by atomic mass is 16.5. The molecular formula is C14H22N6O. The van der Waals surface area contributed by atoms with E-state index in [0.29, 0.717) is 5.89 Å². The van der Waals surface area contributed by atoms with Crippen LogP contribution < -0.4 is 5.32 Å². The Bertz CT molecular complexity index is 572. The molecule has 1 saturated heterocycles. The van der Waals surface area contributed by atoms with Crippen LogP contribution >= 0.6 is 0 Å². The summed E-state index contributed by atoms with van der Waals surface area (Å²) in [5.41, 5.74) is 0.851. The highest BCUT2D eigenvalue weighted by molar-refractivity contribution is 5.45. The Labute approximate surface area is 124 Å². The molecule has 2 aromatic rings. The number of rotatable bonds is 5. The zero-order valence-corrected chi connectivity index (χ0v) is 12.6. The highest BCUT2D eigenvalue weighted by Gasteiger charge is 2.26. The fourth-order valence-corrected chi connectivity index (χ4v) is 2.78. The minimum atomic E-state index is 0.239. The maximum atomic E-state index is 5.44. The van der Waals surface area contributed by atoms with Crippen LogP contribution in [-0.2, 0) is 7.05 Å². The topological polar surface area (TPSA) is 72.0 Å². The summed E-state index contributed by atoms with van der Waals surface area (Å²) in [6.07, 6.45) is 5.63.